The molecule has 0 unspecified atom stereocenters. The lowest BCUT2D eigenvalue weighted by Gasteiger charge is -2.31. The molecular weight excluding hydrogens is 391 g/mol. The van der Waals surface area contributed by atoms with Crippen molar-refractivity contribution in [1.29, 1.82) is 0 Å². The number of nitrogens with one attached hydrogen (secondary N) is 1. The van der Waals surface area contributed by atoms with Crippen molar-refractivity contribution >= 4 is 17.7 Å². The number of hydrogen-bond acceptors (Lipinski definition) is 5. The maximum absolute atomic E-state index is 12.3. The number of carbonyl (C=O) groups is 1. The normalized spacial score (nSPS) is 20.1. The molecule has 1 fully saturated rings. The van der Waals surface area contributed by atoms with Gasteiger partial charge >= 0.3 is 6.18 Å². The van der Waals surface area contributed by atoms with Crippen molar-refractivity contribution in [2.24, 2.45) is 5.92 Å². The first-order valence-electron chi connectivity index (χ1n) is 9.16. The number of alkyl halides is 3. The predicted molar refractivity (Wildman–Crippen MR) is 99.7 cm³/mol. The van der Waals surface area contributed by atoms with Gasteiger partial charge in [-0.15, -0.1) is 10.2 Å². The van der Waals surface area contributed by atoms with E-state index in [1.54, 1.807) is 12.4 Å². The quantitative estimate of drug-likeness (QED) is 0.728. The van der Waals surface area contributed by atoms with Gasteiger partial charge < -0.3 is 5.32 Å². The number of halogens is 3. The van der Waals surface area contributed by atoms with Gasteiger partial charge in [0.05, 0.1) is 5.75 Å². The van der Waals surface area contributed by atoms with E-state index in [-0.39, 0.29) is 11.8 Å². The molecule has 0 spiro atoms. The number of hydrogen-bond donors (Lipinski definition) is 1. The van der Waals surface area contributed by atoms with E-state index in [0.717, 1.165) is 36.6 Å². The van der Waals surface area contributed by atoms with Crippen LogP contribution in [0.1, 0.15) is 38.6 Å². The number of thioether (sulfide) groups is 1. The number of pyridine rings is 1. The summed E-state index contributed by atoms with van der Waals surface area (Å²) in [5.74, 6) is 0.252. The molecule has 1 aliphatic rings. The minimum absolute atomic E-state index is 0.150. The molecule has 28 heavy (non-hydrogen) atoms. The molecule has 1 N–H and O–H groups in total. The molecule has 3 rings (SSSR count). The summed E-state index contributed by atoms with van der Waals surface area (Å²) < 4.78 is 38.8. The van der Waals surface area contributed by atoms with Crippen LogP contribution in [-0.4, -0.2) is 44.1 Å². The van der Waals surface area contributed by atoms with Crippen LogP contribution in [0.3, 0.4) is 0 Å². The third-order valence-electron chi connectivity index (χ3n) is 4.80. The van der Waals surface area contributed by atoms with E-state index >= 15 is 0 Å². The van der Waals surface area contributed by atoms with Crippen molar-refractivity contribution in [3.63, 3.8) is 0 Å². The zero-order chi connectivity index (χ0) is 20.1. The summed E-state index contributed by atoms with van der Waals surface area (Å²) in [5, 5.41) is 11.0. The molecule has 2 aromatic rings. The average Bonchev–Trinajstić information content (AvgIpc) is 3.09. The van der Waals surface area contributed by atoms with Gasteiger partial charge in [0.1, 0.15) is 6.54 Å². The van der Waals surface area contributed by atoms with E-state index < -0.39 is 18.6 Å². The molecule has 0 aromatic carbocycles. The molecule has 2 atom stereocenters. The van der Waals surface area contributed by atoms with Crippen molar-refractivity contribution in [2.75, 3.05) is 12.3 Å². The highest BCUT2D eigenvalue weighted by Crippen LogP contribution is 2.38. The molecule has 1 aliphatic carbocycles. The Morgan fingerprint density at radius 3 is 2.79 bits per heavy atom. The van der Waals surface area contributed by atoms with Crippen molar-refractivity contribution in [3.8, 4) is 11.4 Å². The highest BCUT2D eigenvalue weighted by molar-refractivity contribution is 7.99. The van der Waals surface area contributed by atoms with Gasteiger partial charge in [-0.25, -0.2) is 0 Å². The molecular formula is C18H22F3N5OS. The highest BCUT2D eigenvalue weighted by atomic mass is 32.2. The smallest absolute Gasteiger partial charge is 0.346 e. The summed E-state index contributed by atoms with van der Waals surface area (Å²) in [7, 11) is 0. The Kier molecular flexibility index (Phi) is 6.58. The first-order valence-corrected chi connectivity index (χ1v) is 10.2. The summed E-state index contributed by atoms with van der Waals surface area (Å²) in [6.07, 6.45) is 3.28. The van der Waals surface area contributed by atoms with Crippen LogP contribution in [0.5, 0.6) is 0 Å². The van der Waals surface area contributed by atoms with E-state index in [0.29, 0.717) is 16.9 Å². The zero-order valence-corrected chi connectivity index (χ0v) is 16.3. The van der Waals surface area contributed by atoms with Crippen molar-refractivity contribution in [1.82, 2.24) is 25.1 Å². The molecule has 6 nitrogen and oxygen atoms in total. The van der Waals surface area contributed by atoms with Crippen LogP contribution in [0, 0.1) is 5.92 Å². The fraction of sp³-hybridized carbons (Fsp3) is 0.556. The van der Waals surface area contributed by atoms with Gasteiger partial charge in [0, 0.05) is 24.0 Å². The first-order chi connectivity index (χ1) is 13.3. The molecule has 0 saturated heterocycles. The second-order valence-corrected chi connectivity index (χ2v) is 7.87. The Hall–Kier alpha value is -2.10. The first kappa shape index (κ1) is 20.6. The average molecular weight is 413 g/mol. The minimum atomic E-state index is -4.43. The maximum atomic E-state index is 12.3. The molecule has 0 radical (unpaired) electrons. The van der Waals surface area contributed by atoms with Gasteiger partial charge in [-0.2, -0.15) is 13.2 Å². The van der Waals surface area contributed by atoms with Crippen LogP contribution in [0.25, 0.3) is 11.4 Å². The number of nitrogens with zero attached hydrogens (tertiary/aromatic N) is 4. The Balaban J connectivity index is 1.81. The van der Waals surface area contributed by atoms with Crippen LogP contribution < -0.4 is 5.32 Å². The van der Waals surface area contributed by atoms with Gasteiger partial charge in [0.25, 0.3) is 0 Å². The van der Waals surface area contributed by atoms with Gasteiger partial charge in [0.2, 0.25) is 5.91 Å². The minimum Gasteiger partial charge on any atom is -0.346 e. The summed E-state index contributed by atoms with van der Waals surface area (Å²) in [6, 6.07) is 3.89. The monoisotopic (exact) mass is 413 g/mol. The van der Waals surface area contributed by atoms with E-state index in [9.17, 15) is 18.0 Å². The summed E-state index contributed by atoms with van der Waals surface area (Å²) in [6.45, 7) is 0.848. The number of carbonyl (C=O) groups excluding carboxylic acids is 1. The summed E-state index contributed by atoms with van der Waals surface area (Å²) >= 11 is 1.11. The van der Waals surface area contributed by atoms with Gasteiger partial charge in [-0.1, -0.05) is 31.5 Å². The molecule has 2 aromatic heterocycles. The Bertz CT molecular complexity index is 796. The van der Waals surface area contributed by atoms with Crippen LogP contribution in [0.4, 0.5) is 13.2 Å². The molecule has 0 bridgehead atoms. The number of rotatable bonds is 6. The van der Waals surface area contributed by atoms with Crippen LogP contribution in [0.15, 0.2) is 29.7 Å². The summed E-state index contributed by atoms with van der Waals surface area (Å²) in [5.41, 5.74) is 0.821. The summed E-state index contributed by atoms with van der Waals surface area (Å²) in [4.78, 5) is 15.9. The maximum Gasteiger partial charge on any atom is 0.405 e. The van der Waals surface area contributed by atoms with E-state index in [4.69, 9.17) is 0 Å². The fourth-order valence-corrected chi connectivity index (χ4v) is 4.25. The second-order valence-electron chi connectivity index (χ2n) is 6.93. The lowest BCUT2D eigenvalue weighted by atomic mass is 9.85. The Labute approximate surface area is 165 Å². The van der Waals surface area contributed by atoms with E-state index in [2.05, 4.69) is 22.1 Å². The van der Waals surface area contributed by atoms with Crippen LogP contribution in [0.2, 0.25) is 0 Å². The van der Waals surface area contributed by atoms with Crippen LogP contribution >= 0.6 is 11.8 Å². The Morgan fingerprint density at radius 1 is 1.32 bits per heavy atom. The topological polar surface area (TPSA) is 72.7 Å². The molecule has 1 saturated carbocycles. The molecule has 0 aliphatic heterocycles. The van der Waals surface area contributed by atoms with Crippen molar-refractivity contribution in [3.05, 3.63) is 24.5 Å². The van der Waals surface area contributed by atoms with Gasteiger partial charge in [0.15, 0.2) is 11.0 Å². The Morgan fingerprint density at radius 2 is 2.11 bits per heavy atom. The lowest BCUT2D eigenvalue weighted by molar-refractivity contribution is -0.136. The van der Waals surface area contributed by atoms with Crippen LogP contribution in [-0.2, 0) is 4.79 Å². The fourth-order valence-electron chi connectivity index (χ4n) is 3.43. The number of aromatic nitrogens is 4. The van der Waals surface area contributed by atoms with Gasteiger partial charge in [-0.05, 0) is 30.9 Å². The van der Waals surface area contributed by atoms with E-state index in [1.165, 1.54) is 6.42 Å². The van der Waals surface area contributed by atoms with Crippen molar-refractivity contribution in [2.45, 2.75) is 50.0 Å². The predicted octanol–water partition coefficient (Wildman–Crippen LogP) is 3.86. The number of amides is 1. The zero-order valence-electron chi connectivity index (χ0n) is 15.4. The molecule has 10 heteroatoms. The van der Waals surface area contributed by atoms with E-state index in [1.807, 2.05) is 22.0 Å². The van der Waals surface area contributed by atoms with Crippen molar-refractivity contribution < 1.29 is 18.0 Å². The largest absolute Gasteiger partial charge is 0.405 e. The molecule has 1 amide bonds. The SMILES string of the molecule is C[C@@H]1CCCC[C@@H]1n1c(SCC(=O)NCC(F)(F)F)nnc1-c1cccnc1. The highest BCUT2D eigenvalue weighted by Gasteiger charge is 2.30. The second kappa shape index (κ2) is 8.93. The van der Waals surface area contributed by atoms with Gasteiger partial charge in [-0.3, -0.25) is 14.3 Å². The third kappa shape index (κ3) is 5.24. The third-order valence-corrected chi connectivity index (χ3v) is 5.74. The lowest BCUT2D eigenvalue weighted by Crippen LogP contribution is -2.34. The molecule has 152 valence electrons. The standard InChI is InChI=1S/C18H22F3N5OS/c1-12-5-2-3-7-14(12)26-16(13-6-4-8-22-9-13)24-25-17(26)28-10-15(27)23-11-18(19,20)21/h4,6,8-9,12,14H,2-3,5,7,10-11H2,1H3,(H,23,27)/t12-,14+/m1/s1. The molecule has 2 heterocycles.